The Labute approximate surface area is 386 Å². The zero-order valence-electron chi connectivity index (χ0n) is 32.2. The maximum Gasteiger partial charge on any atom is 2.00 e. The first-order chi connectivity index (χ1) is 25.4. The molecule has 4 aromatic heterocycles. The molecular weight excluding hydrogens is 920 g/mol. The van der Waals surface area contributed by atoms with Gasteiger partial charge in [0.25, 0.3) is 0 Å². The maximum atomic E-state index is 10.1. The summed E-state index contributed by atoms with van der Waals surface area (Å²) >= 11 is 6.18. The van der Waals surface area contributed by atoms with Gasteiger partial charge in [-0.2, -0.15) is 0 Å². The predicted molar refractivity (Wildman–Crippen MR) is 246 cm³/mol. The molecule has 0 bridgehead atoms. The Bertz CT molecular complexity index is 2470. The third kappa shape index (κ3) is 9.87. The van der Waals surface area contributed by atoms with Crippen molar-refractivity contribution in [3.05, 3.63) is 151 Å². The molecule has 0 aliphatic heterocycles. The number of phenolic OH excluding ortho intramolecular Hbond substituents is 4. The summed E-state index contributed by atoms with van der Waals surface area (Å²) in [4.78, 5) is 18.7. The van der Waals surface area contributed by atoms with Gasteiger partial charge in [-0.05, 0) is 72.8 Å². The maximum absolute atomic E-state index is 10.1. The molecule has 14 heteroatoms. The topological polar surface area (TPSA) is 132 Å². The van der Waals surface area contributed by atoms with E-state index in [9.17, 15) is 20.4 Å². The smallest absolute Gasteiger partial charge is 0.507 e. The molecule has 0 aliphatic rings. The molecule has 0 saturated carbocycles. The third-order valence-electron chi connectivity index (χ3n) is 8.33. The zero-order chi connectivity index (χ0) is 35.3. The van der Waals surface area contributed by atoms with Gasteiger partial charge in [0.2, 0.25) is 0 Å². The van der Waals surface area contributed by atoms with E-state index < -0.39 is 0 Å². The number of aromatic nitrogens is 4. The molecule has 0 atom stereocenters. The van der Waals surface area contributed by atoms with Gasteiger partial charge in [0.05, 0.1) is 63.1 Å². The van der Waals surface area contributed by atoms with E-state index >= 15 is 0 Å². The number of thiazole rings is 4. The average Bonchev–Trinajstić information content (AvgIpc) is 3.94. The Morgan fingerprint density at radius 1 is 0.322 bits per heavy atom. The third-order valence-corrected chi connectivity index (χ3v) is 12.5. The number of benzene rings is 6. The Morgan fingerprint density at radius 2 is 0.525 bits per heavy atom. The van der Waals surface area contributed by atoms with Gasteiger partial charge in [-0.15, -0.1) is 45.3 Å². The first-order valence-electron chi connectivity index (χ1n) is 15.9. The van der Waals surface area contributed by atoms with Crippen molar-refractivity contribution in [2.75, 3.05) is 0 Å². The molecule has 292 valence electrons. The van der Waals surface area contributed by atoms with E-state index in [0.717, 1.165) is 83.2 Å². The quantitative estimate of drug-likeness (QED) is 0.101. The van der Waals surface area contributed by atoms with Crippen molar-refractivity contribution in [1.82, 2.24) is 19.9 Å². The Balaban J connectivity index is 0.000000364. The Morgan fingerprint density at radius 3 is 0.729 bits per heavy atom. The summed E-state index contributed by atoms with van der Waals surface area (Å²) in [5.41, 5.74) is 6.37. The predicted octanol–water partition coefficient (Wildman–Crippen LogP) is 13.7. The van der Waals surface area contributed by atoms with Gasteiger partial charge in [-0.3, -0.25) is 0 Å². The largest absolute Gasteiger partial charge is 2.00 e. The number of phenols is 4. The van der Waals surface area contributed by atoms with E-state index in [1.807, 2.05) is 60.7 Å². The van der Waals surface area contributed by atoms with Crippen molar-refractivity contribution in [1.29, 1.82) is 0 Å². The van der Waals surface area contributed by atoms with E-state index in [4.69, 9.17) is 0 Å². The molecule has 59 heavy (non-hydrogen) atoms. The van der Waals surface area contributed by atoms with Crippen LogP contribution in [0.5, 0.6) is 23.0 Å². The van der Waals surface area contributed by atoms with Crippen LogP contribution >= 0.6 is 45.3 Å². The monoisotopic (exact) mass is 956 g/mol. The molecule has 0 amide bonds. The number of hydrogen-bond donors (Lipinski definition) is 4. The van der Waals surface area contributed by atoms with Gasteiger partial charge in [0, 0.05) is 0 Å². The first kappa shape index (κ1) is 50.5. The van der Waals surface area contributed by atoms with Crippen molar-refractivity contribution in [3.63, 3.8) is 0 Å². The van der Waals surface area contributed by atoms with Gasteiger partial charge in [-0.25, -0.2) is 19.9 Å². The zero-order valence-corrected chi connectivity index (χ0v) is 41.4. The van der Waals surface area contributed by atoms with Crippen LogP contribution < -0.4 is 0 Å². The minimum atomic E-state index is 0. The van der Waals surface area contributed by atoms with Crippen molar-refractivity contribution in [2.24, 2.45) is 0 Å². The van der Waals surface area contributed by atoms with Crippen LogP contribution in [-0.2, 0) is 39.0 Å². The normalized spacial score (nSPS) is 10.0. The molecule has 10 rings (SSSR count). The summed E-state index contributed by atoms with van der Waals surface area (Å²) in [6, 6.07) is 37.0. The van der Waals surface area contributed by atoms with E-state index in [0.29, 0.717) is 0 Å². The number of nitrogens with zero attached hydrogens (tertiary/aromatic N) is 4. The summed E-state index contributed by atoms with van der Waals surface area (Å²) in [5.74, 6) is 0.920. The van der Waals surface area contributed by atoms with Crippen LogP contribution in [0.4, 0.5) is 0 Å². The van der Waals surface area contributed by atoms with Crippen molar-refractivity contribution >= 4 is 86.2 Å². The molecule has 10 aromatic rings. The molecule has 0 saturated heterocycles. The molecule has 4 N–H and O–H groups in total. The number of hydrogen-bond acceptors (Lipinski definition) is 12. The van der Waals surface area contributed by atoms with E-state index in [2.05, 4.69) is 32.1 Å². The molecule has 0 spiro atoms. The summed E-state index contributed by atoms with van der Waals surface area (Å²) in [7, 11) is 0. The minimum Gasteiger partial charge on any atom is -0.507 e. The number of para-hydroxylation sites is 4. The minimum absolute atomic E-state index is 0. The van der Waals surface area contributed by atoms with Crippen LogP contribution in [0, 0.1) is 29.7 Å². The molecule has 6 aromatic carbocycles. The van der Waals surface area contributed by atoms with Crippen LogP contribution in [-0.4, -0.2) is 40.4 Å². The summed E-state index contributed by atoms with van der Waals surface area (Å²) in [6.07, 6.45) is 0. The van der Waals surface area contributed by atoms with Gasteiger partial charge < -0.3 is 50.1 Å². The molecule has 8 nitrogen and oxygen atoms in total. The van der Waals surface area contributed by atoms with Crippen LogP contribution in [0.3, 0.4) is 0 Å². The van der Waals surface area contributed by atoms with Crippen molar-refractivity contribution in [2.45, 2.75) is 7.43 Å². The SMILES string of the molecule is C.Oc1ccccc1-c1nc2cc3nc(-c4ccccc4O)sc3cc2s1.Oc1ccccc1-c1nc2cc3nc(-c4ccccc4O)sc3cc2s1.[CH3-].[CH3-].[CH3-].[CH3-].[Zn+2].[Zn+2]. The number of rotatable bonds is 4. The van der Waals surface area contributed by atoms with Gasteiger partial charge >= 0.3 is 39.0 Å². The Kier molecular flexibility index (Phi) is 18.0. The Hall–Kier alpha value is -4.67. The van der Waals surface area contributed by atoms with Gasteiger partial charge in [0.1, 0.15) is 43.0 Å². The molecule has 0 fully saturated rings. The van der Waals surface area contributed by atoms with Gasteiger partial charge in [0.15, 0.2) is 0 Å². The van der Waals surface area contributed by atoms with Crippen molar-refractivity contribution < 1.29 is 59.4 Å². The average molecular weight is 960 g/mol. The van der Waals surface area contributed by atoms with Crippen LogP contribution in [0.25, 0.3) is 83.2 Å². The van der Waals surface area contributed by atoms with Crippen LogP contribution in [0.1, 0.15) is 7.43 Å². The second-order valence-electron chi connectivity index (χ2n) is 11.7. The van der Waals surface area contributed by atoms with Crippen molar-refractivity contribution in [3.8, 4) is 65.3 Å². The molecule has 4 heterocycles. The second kappa shape index (κ2) is 21.0. The summed E-state index contributed by atoms with van der Waals surface area (Å²) < 4.78 is 4.18. The molecule has 0 unspecified atom stereocenters. The van der Waals surface area contributed by atoms with Gasteiger partial charge in [-0.1, -0.05) is 56.0 Å². The van der Waals surface area contributed by atoms with Crippen LogP contribution in [0.15, 0.2) is 121 Å². The standard InChI is InChI=1S/2C20H12N2O2S2.CH4.4CH3.2Zn/c2*23-15-7-3-1-5-11(15)19-21-13-9-14-18(10-17(13)25-19)26-20(22-14)12-6-2-4-8-16(12)24;;;;;;;/h2*1-10,23-24H;1H4;4*1H3;;/q;;;4*-1;2*+2. The fraction of sp³-hybridized carbons (Fsp3) is 0.0222. The molecular formula is C45H40N4O4S4Zn2. The summed E-state index contributed by atoms with van der Waals surface area (Å²) in [5, 5.41) is 43.4. The second-order valence-corrected chi connectivity index (χ2v) is 15.8. The summed E-state index contributed by atoms with van der Waals surface area (Å²) in [6.45, 7) is 0. The number of fused-ring (bicyclic) bond motifs is 4. The molecule has 0 radical (unpaired) electrons. The van der Waals surface area contributed by atoms with Crippen LogP contribution in [0.2, 0.25) is 0 Å². The first-order valence-corrected chi connectivity index (χ1v) is 19.2. The van der Waals surface area contributed by atoms with E-state index in [-0.39, 0.29) is 99.1 Å². The van der Waals surface area contributed by atoms with E-state index in [1.54, 1.807) is 93.9 Å². The fourth-order valence-electron chi connectivity index (χ4n) is 5.78. The molecule has 0 aliphatic carbocycles. The number of aromatic hydroxyl groups is 4. The fourth-order valence-corrected chi connectivity index (χ4v) is 10.0. The van der Waals surface area contributed by atoms with E-state index in [1.165, 1.54) is 0 Å².